The van der Waals surface area contributed by atoms with Gasteiger partial charge in [0.1, 0.15) is 0 Å². The van der Waals surface area contributed by atoms with E-state index in [1.807, 2.05) is 6.07 Å². The van der Waals surface area contributed by atoms with Crippen LogP contribution in [0, 0.1) is 13.8 Å². The van der Waals surface area contributed by atoms with Gasteiger partial charge in [0.15, 0.2) is 5.75 Å². The van der Waals surface area contributed by atoms with Crippen molar-refractivity contribution in [2.45, 2.75) is 26.7 Å². The first-order valence-electron chi connectivity index (χ1n) is 7.85. The quantitative estimate of drug-likeness (QED) is 0.778. The minimum absolute atomic E-state index is 0.0372. The molecule has 1 aromatic heterocycles. The Morgan fingerprint density at radius 2 is 1.92 bits per heavy atom. The van der Waals surface area contributed by atoms with E-state index in [-0.39, 0.29) is 5.56 Å². The highest BCUT2D eigenvalue weighted by atomic mass is 35.5. The standard InChI is InChI=1S/C18H20Cl2N2O3/c1-10-11(2)22(3)18(25)16(23)15(10)17(24)21-8-4-5-12-6-7-13(19)14(20)9-12/h6-7,9,23H,4-5,8H2,1-3H3,(H,21,24). The highest BCUT2D eigenvalue weighted by Gasteiger charge is 2.20. The summed E-state index contributed by atoms with van der Waals surface area (Å²) in [5.74, 6) is -0.975. The maximum absolute atomic E-state index is 12.4. The summed E-state index contributed by atoms with van der Waals surface area (Å²) >= 11 is 11.9. The number of carbonyl (C=O) groups excluding carboxylic acids is 1. The van der Waals surface area contributed by atoms with E-state index in [4.69, 9.17) is 23.2 Å². The average molecular weight is 383 g/mol. The summed E-state index contributed by atoms with van der Waals surface area (Å²) in [5, 5.41) is 13.8. The largest absolute Gasteiger partial charge is 0.502 e. The van der Waals surface area contributed by atoms with Gasteiger partial charge in [-0.15, -0.1) is 0 Å². The first kappa shape index (κ1) is 19.3. The van der Waals surface area contributed by atoms with Gasteiger partial charge >= 0.3 is 0 Å². The third kappa shape index (κ3) is 4.17. The predicted octanol–water partition coefficient (Wildman–Crippen LogP) is 3.38. The molecule has 0 saturated carbocycles. The molecule has 0 aliphatic heterocycles. The molecule has 0 aliphatic rings. The van der Waals surface area contributed by atoms with E-state index in [2.05, 4.69) is 5.32 Å². The van der Waals surface area contributed by atoms with Crippen molar-refractivity contribution in [1.82, 2.24) is 9.88 Å². The first-order chi connectivity index (χ1) is 11.7. The van der Waals surface area contributed by atoms with Crippen molar-refractivity contribution in [1.29, 1.82) is 0 Å². The number of rotatable bonds is 5. The third-order valence-electron chi connectivity index (χ3n) is 4.30. The molecule has 134 valence electrons. The number of benzene rings is 1. The number of aryl methyl sites for hydroxylation is 1. The van der Waals surface area contributed by atoms with Gasteiger partial charge in [0.05, 0.1) is 15.6 Å². The SMILES string of the molecule is Cc1c(C(=O)NCCCc2ccc(Cl)c(Cl)c2)c(O)c(=O)n(C)c1C. The second-order valence-electron chi connectivity index (χ2n) is 5.91. The van der Waals surface area contributed by atoms with Crippen molar-refractivity contribution in [3.8, 4) is 5.75 Å². The maximum atomic E-state index is 12.4. The molecule has 0 radical (unpaired) electrons. The number of nitrogens with zero attached hydrogens (tertiary/aromatic N) is 1. The lowest BCUT2D eigenvalue weighted by Gasteiger charge is -2.14. The van der Waals surface area contributed by atoms with E-state index in [0.29, 0.717) is 34.3 Å². The van der Waals surface area contributed by atoms with Crippen LogP contribution in [0.1, 0.15) is 33.6 Å². The van der Waals surface area contributed by atoms with E-state index in [1.165, 1.54) is 4.57 Å². The van der Waals surface area contributed by atoms with Crippen LogP contribution in [0.3, 0.4) is 0 Å². The Morgan fingerprint density at radius 1 is 1.24 bits per heavy atom. The molecule has 0 aliphatic carbocycles. The van der Waals surface area contributed by atoms with Crippen molar-refractivity contribution >= 4 is 29.1 Å². The summed E-state index contributed by atoms with van der Waals surface area (Å²) in [6.07, 6.45) is 1.41. The number of amides is 1. The molecular weight excluding hydrogens is 363 g/mol. The van der Waals surface area contributed by atoms with E-state index in [9.17, 15) is 14.7 Å². The molecule has 0 atom stereocenters. The van der Waals surface area contributed by atoms with E-state index >= 15 is 0 Å². The van der Waals surface area contributed by atoms with Gasteiger partial charge in [-0.2, -0.15) is 0 Å². The molecule has 0 bridgehead atoms. The lowest BCUT2D eigenvalue weighted by atomic mass is 10.1. The zero-order valence-corrected chi connectivity index (χ0v) is 15.8. The minimum atomic E-state index is -0.580. The Morgan fingerprint density at radius 3 is 2.56 bits per heavy atom. The molecule has 25 heavy (non-hydrogen) atoms. The van der Waals surface area contributed by atoms with Crippen molar-refractivity contribution in [3.05, 3.63) is 61.0 Å². The lowest BCUT2D eigenvalue weighted by Crippen LogP contribution is -2.30. The summed E-state index contributed by atoms with van der Waals surface area (Å²) in [6, 6.07) is 5.42. The molecular formula is C18H20Cl2N2O3. The summed E-state index contributed by atoms with van der Waals surface area (Å²) in [5.41, 5.74) is 1.71. The van der Waals surface area contributed by atoms with E-state index < -0.39 is 17.2 Å². The second kappa shape index (κ2) is 7.93. The molecule has 2 rings (SSSR count). The van der Waals surface area contributed by atoms with Crippen LogP contribution in [0.25, 0.3) is 0 Å². The number of carbonyl (C=O) groups is 1. The molecule has 2 N–H and O–H groups in total. The van der Waals surface area contributed by atoms with Crippen LogP contribution in [0.15, 0.2) is 23.0 Å². The summed E-state index contributed by atoms with van der Waals surface area (Å²) in [6.45, 7) is 3.85. The van der Waals surface area contributed by atoms with Crippen LogP contribution in [0.4, 0.5) is 0 Å². The zero-order valence-electron chi connectivity index (χ0n) is 14.3. The molecule has 0 fully saturated rings. The van der Waals surface area contributed by atoms with Crippen LogP contribution >= 0.6 is 23.2 Å². The molecule has 7 heteroatoms. The number of pyridine rings is 1. The number of nitrogens with one attached hydrogen (secondary N) is 1. The fourth-order valence-electron chi connectivity index (χ4n) is 2.58. The van der Waals surface area contributed by atoms with E-state index in [0.717, 1.165) is 12.0 Å². The third-order valence-corrected chi connectivity index (χ3v) is 5.04. The van der Waals surface area contributed by atoms with Gasteiger partial charge in [-0.05, 0) is 49.9 Å². The number of aromatic nitrogens is 1. The molecule has 0 unspecified atom stereocenters. The number of hydrogen-bond donors (Lipinski definition) is 2. The van der Waals surface area contributed by atoms with Gasteiger partial charge in [-0.3, -0.25) is 9.59 Å². The Kier molecular flexibility index (Phi) is 6.14. The summed E-state index contributed by atoms with van der Waals surface area (Å²) in [7, 11) is 1.56. The van der Waals surface area contributed by atoms with Gasteiger partial charge in [0.25, 0.3) is 11.5 Å². The fourth-order valence-corrected chi connectivity index (χ4v) is 2.90. The predicted molar refractivity (Wildman–Crippen MR) is 99.9 cm³/mol. The van der Waals surface area contributed by atoms with Gasteiger partial charge in [-0.1, -0.05) is 29.3 Å². The van der Waals surface area contributed by atoms with Gasteiger partial charge in [-0.25, -0.2) is 0 Å². The molecule has 2 aromatic rings. The van der Waals surface area contributed by atoms with Crippen LogP contribution in [0.2, 0.25) is 10.0 Å². The lowest BCUT2D eigenvalue weighted by molar-refractivity contribution is 0.0949. The molecule has 5 nitrogen and oxygen atoms in total. The Hall–Kier alpha value is -1.98. The normalized spacial score (nSPS) is 10.8. The fraction of sp³-hybridized carbons (Fsp3) is 0.333. The topological polar surface area (TPSA) is 71.3 Å². The van der Waals surface area contributed by atoms with Crippen LogP contribution in [0.5, 0.6) is 5.75 Å². The second-order valence-corrected chi connectivity index (χ2v) is 6.72. The summed E-state index contributed by atoms with van der Waals surface area (Å²) < 4.78 is 1.33. The van der Waals surface area contributed by atoms with Crippen molar-refractivity contribution in [2.75, 3.05) is 6.54 Å². The average Bonchev–Trinajstić information content (AvgIpc) is 2.58. The molecule has 1 aromatic carbocycles. The highest BCUT2D eigenvalue weighted by Crippen LogP contribution is 2.23. The van der Waals surface area contributed by atoms with Gasteiger partial charge in [0.2, 0.25) is 0 Å². The number of halogens is 2. The van der Waals surface area contributed by atoms with Crippen molar-refractivity contribution in [3.63, 3.8) is 0 Å². The van der Waals surface area contributed by atoms with Crippen LogP contribution in [-0.4, -0.2) is 22.1 Å². The zero-order chi connectivity index (χ0) is 18.7. The smallest absolute Gasteiger partial charge is 0.293 e. The van der Waals surface area contributed by atoms with Crippen molar-refractivity contribution < 1.29 is 9.90 Å². The Bertz CT molecular complexity index is 876. The van der Waals surface area contributed by atoms with Crippen LogP contribution in [-0.2, 0) is 13.5 Å². The first-order valence-corrected chi connectivity index (χ1v) is 8.61. The van der Waals surface area contributed by atoms with Gasteiger partial charge < -0.3 is 15.0 Å². The minimum Gasteiger partial charge on any atom is -0.502 e. The molecule has 0 saturated heterocycles. The van der Waals surface area contributed by atoms with Gasteiger partial charge in [0, 0.05) is 19.3 Å². The maximum Gasteiger partial charge on any atom is 0.293 e. The Labute approximate surface area is 156 Å². The Balaban J connectivity index is 2.01. The molecule has 0 spiro atoms. The molecule has 1 amide bonds. The number of aromatic hydroxyl groups is 1. The monoisotopic (exact) mass is 382 g/mol. The summed E-state index contributed by atoms with van der Waals surface area (Å²) in [4.78, 5) is 24.3. The molecule has 1 heterocycles. The number of hydrogen-bond acceptors (Lipinski definition) is 3. The van der Waals surface area contributed by atoms with Crippen molar-refractivity contribution in [2.24, 2.45) is 7.05 Å². The van der Waals surface area contributed by atoms with E-state index in [1.54, 1.807) is 33.0 Å². The van der Waals surface area contributed by atoms with Crippen LogP contribution < -0.4 is 10.9 Å². The highest BCUT2D eigenvalue weighted by molar-refractivity contribution is 6.42.